The zero-order chi connectivity index (χ0) is 13.0. The molecule has 1 heterocycles. The van der Waals surface area contributed by atoms with Crippen molar-refractivity contribution in [2.75, 3.05) is 18.8 Å². The van der Waals surface area contributed by atoms with Crippen molar-refractivity contribution < 1.29 is 9.18 Å². The minimum atomic E-state index is -0.526. The molecule has 2 amide bonds. The number of hydrogen-bond acceptors (Lipinski definition) is 3. The highest BCUT2D eigenvalue weighted by atomic mass is 32.2. The van der Waals surface area contributed by atoms with E-state index in [-0.39, 0.29) is 11.9 Å². The highest BCUT2D eigenvalue weighted by Crippen LogP contribution is 2.37. The second kappa shape index (κ2) is 6.06. The van der Waals surface area contributed by atoms with Gasteiger partial charge in [-0.05, 0) is 23.8 Å². The number of nitrogens with two attached hydrogens (primary N) is 1. The summed E-state index contributed by atoms with van der Waals surface area (Å²) in [6, 6.07) is 4.79. The minimum absolute atomic E-state index is 0.145. The SMILES string of the molecule is NC(=O)NCCNC1CCSc2c(F)cccc21. The standard InChI is InChI=1S/C12H16FN3OS/c13-9-3-1-2-8-10(4-7-18-11(8)9)15-5-6-16-12(14)17/h1-3,10,15H,4-7H2,(H3,14,16,17). The van der Waals surface area contributed by atoms with Crippen LogP contribution in [-0.2, 0) is 0 Å². The van der Waals surface area contributed by atoms with E-state index in [1.165, 1.54) is 6.07 Å². The van der Waals surface area contributed by atoms with Gasteiger partial charge < -0.3 is 16.4 Å². The van der Waals surface area contributed by atoms with Gasteiger partial charge in [0.1, 0.15) is 5.82 Å². The Balaban J connectivity index is 1.96. The lowest BCUT2D eigenvalue weighted by molar-refractivity contribution is 0.248. The third-order valence-electron chi connectivity index (χ3n) is 2.84. The van der Waals surface area contributed by atoms with Crippen LogP contribution in [0.3, 0.4) is 0 Å². The first kappa shape index (κ1) is 13.2. The van der Waals surface area contributed by atoms with E-state index in [1.54, 1.807) is 17.8 Å². The maximum atomic E-state index is 13.6. The summed E-state index contributed by atoms with van der Waals surface area (Å²) in [6.45, 7) is 1.10. The number of fused-ring (bicyclic) bond motifs is 1. The van der Waals surface area contributed by atoms with Gasteiger partial charge in [0.25, 0.3) is 0 Å². The topological polar surface area (TPSA) is 67.2 Å². The van der Waals surface area contributed by atoms with Gasteiger partial charge in [0.05, 0.1) is 0 Å². The third-order valence-corrected chi connectivity index (χ3v) is 4.00. The van der Waals surface area contributed by atoms with Crippen molar-refractivity contribution in [2.45, 2.75) is 17.4 Å². The molecular formula is C12H16FN3OS. The van der Waals surface area contributed by atoms with E-state index in [9.17, 15) is 9.18 Å². The van der Waals surface area contributed by atoms with Crippen LogP contribution >= 0.6 is 11.8 Å². The summed E-state index contributed by atoms with van der Waals surface area (Å²) in [6.07, 6.45) is 0.956. The Morgan fingerprint density at radius 3 is 3.11 bits per heavy atom. The molecule has 0 saturated carbocycles. The second-order valence-electron chi connectivity index (χ2n) is 4.09. The molecule has 6 heteroatoms. The Bertz CT molecular complexity index is 441. The molecule has 0 radical (unpaired) electrons. The number of primary amides is 1. The summed E-state index contributed by atoms with van der Waals surface area (Å²) >= 11 is 1.56. The van der Waals surface area contributed by atoms with Gasteiger partial charge in [0, 0.05) is 24.0 Å². The number of benzene rings is 1. The molecule has 0 saturated heterocycles. The predicted molar refractivity (Wildman–Crippen MR) is 70.1 cm³/mol. The van der Waals surface area contributed by atoms with Crippen molar-refractivity contribution in [3.05, 3.63) is 29.6 Å². The molecule has 1 aliphatic heterocycles. The number of thioether (sulfide) groups is 1. The lowest BCUT2D eigenvalue weighted by Crippen LogP contribution is -2.37. The number of carbonyl (C=O) groups excluding carboxylic acids is 1. The molecule has 1 aromatic rings. The zero-order valence-corrected chi connectivity index (χ0v) is 10.7. The Hall–Kier alpha value is -1.27. The van der Waals surface area contributed by atoms with Gasteiger partial charge in [0.2, 0.25) is 0 Å². The lowest BCUT2D eigenvalue weighted by Gasteiger charge is -2.26. The van der Waals surface area contributed by atoms with Crippen molar-refractivity contribution in [1.82, 2.24) is 10.6 Å². The summed E-state index contributed by atoms with van der Waals surface area (Å²) in [5, 5.41) is 5.83. The van der Waals surface area contributed by atoms with E-state index in [0.29, 0.717) is 13.1 Å². The molecule has 1 aliphatic rings. The molecule has 2 rings (SSSR count). The fourth-order valence-corrected chi connectivity index (χ4v) is 3.17. The van der Waals surface area contributed by atoms with E-state index in [1.807, 2.05) is 6.07 Å². The summed E-state index contributed by atoms with van der Waals surface area (Å²) in [4.78, 5) is 11.3. The average molecular weight is 269 g/mol. The molecule has 0 spiro atoms. The van der Waals surface area contributed by atoms with Gasteiger partial charge in [-0.25, -0.2) is 9.18 Å². The first-order chi connectivity index (χ1) is 8.68. The van der Waals surface area contributed by atoms with Gasteiger partial charge in [-0.3, -0.25) is 0 Å². The lowest BCUT2D eigenvalue weighted by atomic mass is 10.0. The third kappa shape index (κ3) is 3.14. The van der Waals surface area contributed by atoms with E-state index in [4.69, 9.17) is 5.73 Å². The Kier molecular flexibility index (Phi) is 4.43. The molecule has 4 N–H and O–H groups in total. The zero-order valence-electron chi connectivity index (χ0n) is 9.91. The monoisotopic (exact) mass is 269 g/mol. The van der Waals surface area contributed by atoms with E-state index < -0.39 is 6.03 Å². The van der Waals surface area contributed by atoms with Crippen LogP contribution in [0.25, 0.3) is 0 Å². The van der Waals surface area contributed by atoms with Crippen LogP contribution in [0.5, 0.6) is 0 Å². The van der Waals surface area contributed by atoms with Crippen LogP contribution in [0.4, 0.5) is 9.18 Å². The van der Waals surface area contributed by atoms with Crippen LogP contribution in [0.1, 0.15) is 18.0 Å². The van der Waals surface area contributed by atoms with E-state index in [2.05, 4.69) is 10.6 Å². The molecule has 0 aromatic heterocycles. The number of rotatable bonds is 4. The van der Waals surface area contributed by atoms with Crippen molar-refractivity contribution in [1.29, 1.82) is 0 Å². The normalized spacial score (nSPS) is 18.2. The Labute approximate surface area is 110 Å². The van der Waals surface area contributed by atoms with Crippen LogP contribution < -0.4 is 16.4 Å². The van der Waals surface area contributed by atoms with Gasteiger partial charge >= 0.3 is 6.03 Å². The van der Waals surface area contributed by atoms with E-state index >= 15 is 0 Å². The summed E-state index contributed by atoms with van der Waals surface area (Å²) in [5.41, 5.74) is 5.98. The average Bonchev–Trinajstić information content (AvgIpc) is 2.35. The van der Waals surface area contributed by atoms with Gasteiger partial charge in [-0.15, -0.1) is 11.8 Å². The summed E-state index contributed by atoms with van der Waals surface area (Å²) < 4.78 is 13.6. The number of urea groups is 1. The number of hydrogen-bond donors (Lipinski definition) is 3. The predicted octanol–water partition coefficient (Wildman–Crippen LogP) is 1.62. The maximum absolute atomic E-state index is 13.6. The summed E-state index contributed by atoms with van der Waals surface area (Å²) in [7, 11) is 0. The number of halogens is 1. The molecule has 4 nitrogen and oxygen atoms in total. The maximum Gasteiger partial charge on any atom is 0.312 e. The second-order valence-corrected chi connectivity index (χ2v) is 5.20. The molecule has 98 valence electrons. The fraction of sp³-hybridized carbons (Fsp3) is 0.417. The highest BCUT2D eigenvalue weighted by molar-refractivity contribution is 7.99. The highest BCUT2D eigenvalue weighted by Gasteiger charge is 2.22. The molecule has 1 atom stereocenters. The first-order valence-electron chi connectivity index (χ1n) is 5.86. The van der Waals surface area contributed by atoms with Gasteiger partial charge in [0.15, 0.2) is 0 Å². The number of amides is 2. The smallest absolute Gasteiger partial charge is 0.312 e. The quantitative estimate of drug-likeness (QED) is 0.728. The van der Waals surface area contributed by atoms with Crippen molar-refractivity contribution in [2.24, 2.45) is 5.73 Å². The van der Waals surface area contributed by atoms with Crippen molar-refractivity contribution >= 4 is 17.8 Å². The van der Waals surface area contributed by atoms with Gasteiger partial charge in [-0.2, -0.15) is 0 Å². The van der Waals surface area contributed by atoms with E-state index in [0.717, 1.165) is 22.6 Å². The minimum Gasteiger partial charge on any atom is -0.352 e. The van der Waals surface area contributed by atoms with Crippen molar-refractivity contribution in [3.8, 4) is 0 Å². The van der Waals surface area contributed by atoms with Crippen molar-refractivity contribution in [3.63, 3.8) is 0 Å². The molecule has 18 heavy (non-hydrogen) atoms. The van der Waals surface area contributed by atoms with Crippen LogP contribution in [0, 0.1) is 5.82 Å². The van der Waals surface area contributed by atoms with Crippen LogP contribution in [0.2, 0.25) is 0 Å². The van der Waals surface area contributed by atoms with Crippen LogP contribution in [0.15, 0.2) is 23.1 Å². The molecule has 0 aliphatic carbocycles. The first-order valence-corrected chi connectivity index (χ1v) is 6.85. The van der Waals surface area contributed by atoms with Gasteiger partial charge in [-0.1, -0.05) is 12.1 Å². The molecule has 0 bridgehead atoms. The molecule has 0 fully saturated rings. The Morgan fingerprint density at radius 1 is 1.50 bits per heavy atom. The summed E-state index contributed by atoms with van der Waals surface area (Å²) in [5.74, 6) is 0.744. The fourth-order valence-electron chi connectivity index (χ4n) is 2.03. The molecular weight excluding hydrogens is 253 g/mol. The molecule has 1 aromatic carbocycles. The Morgan fingerprint density at radius 2 is 2.33 bits per heavy atom. The number of carbonyl (C=O) groups is 1. The molecule has 1 unspecified atom stereocenters. The largest absolute Gasteiger partial charge is 0.352 e. The number of nitrogens with one attached hydrogen (secondary N) is 2. The van der Waals surface area contributed by atoms with Crippen LogP contribution in [-0.4, -0.2) is 24.9 Å².